The number of amides is 2. The van der Waals surface area contributed by atoms with Crippen LogP contribution in [0.5, 0.6) is 0 Å². The van der Waals surface area contributed by atoms with Crippen LogP contribution in [0.15, 0.2) is 0 Å². The van der Waals surface area contributed by atoms with Crippen molar-refractivity contribution < 1.29 is 14.2 Å². The predicted molar refractivity (Wildman–Crippen MR) is 31.9 cm³/mol. The molecule has 0 N–H and O–H groups in total. The average molecular weight is 147 g/mol. The summed E-state index contributed by atoms with van der Waals surface area (Å²) in [6.45, 7) is 0. The molecule has 0 aromatic rings. The molecule has 0 aliphatic carbocycles. The quantitative estimate of drug-likeness (QED) is 0.383. The van der Waals surface area contributed by atoms with Gasteiger partial charge < -0.3 is 0 Å². The van der Waals surface area contributed by atoms with Gasteiger partial charge in [-0.25, -0.2) is 4.62 Å². The van der Waals surface area contributed by atoms with Crippen LogP contribution in [0.4, 0.5) is 0 Å². The van der Waals surface area contributed by atoms with Crippen LogP contribution in [0, 0.1) is 0 Å². The van der Waals surface area contributed by atoms with Crippen molar-refractivity contribution in [3.8, 4) is 0 Å². The van der Waals surface area contributed by atoms with Gasteiger partial charge in [0.25, 0.3) is 11.8 Å². The summed E-state index contributed by atoms with van der Waals surface area (Å²) in [5.41, 5.74) is 0. The van der Waals surface area contributed by atoms with Crippen molar-refractivity contribution >= 4 is 21.3 Å². The highest BCUT2D eigenvalue weighted by molar-refractivity contribution is 7.09. The molecule has 9 heavy (non-hydrogen) atoms. The number of imide groups is 1. The second kappa shape index (κ2) is 2.42. The van der Waals surface area contributed by atoms with Crippen LogP contribution in [-0.4, -0.2) is 16.9 Å². The molecule has 5 heteroatoms. The first kappa shape index (κ1) is 6.65. The first-order valence-corrected chi connectivity index (χ1v) is 2.95. The summed E-state index contributed by atoms with van der Waals surface area (Å²) < 4.78 is 4.39. The second-order valence-electron chi connectivity index (χ2n) is 1.69. The number of carbonyl (C=O) groups excluding carboxylic acids is 2. The summed E-state index contributed by atoms with van der Waals surface area (Å²) in [4.78, 5) is 21.2. The van der Waals surface area contributed by atoms with Crippen molar-refractivity contribution in [2.75, 3.05) is 0 Å². The van der Waals surface area contributed by atoms with E-state index in [0.717, 1.165) is 5.06 Å². The van der Waals surface area contributed by atoms with Crippen LogP contribution in [-0.2, 0) is 14.2 Å². The lowest BCUT2D eigenvalue weighted by molar-refractivity contribution is -0.162. The molecule has 1 fully saturated rings. The molecule has 1 atom stereocenters. The normalized spacial score (nSPS) is 19.4. The first-order chi connectivity index (χ1) is 4.25. The van der Waals surface area contributed by atoms with E-state index in [4.69, 9.17) is 0 Å². The van der Waals surface area contributed by atoms with Crippen molar-refractivity contribution in [2.45, 2.75) is 12.8 Å². The number of hydroxylamine groups is 2. The Morgan fingerprint density at radius 2 is 1.78 bits per heavy atom. The molecule has 1 aliphatic heterocycles. The Labute approximate surface area is 54.4 Å². The molecule has 0 bridgehead atoms. The summed E-state index contributed by atoms with van der Waals surface area (Å²) in [6.07, 6.45) is 0.542. The Hall–Kier alpha value is -0.470. The van der Waals surface area contributed by atoms with Crippen molar-refractivity contribution in [1.82, 2.24) is 5.06 Å². The van der Waals surface area contributed by atoms with Crippen LogP contribution in [0.1, 0.15) is 12.8 Å². The van der Waals surface area contributed by atoms with Gasteiger partial charge in [0.05, 0.1) is 0 Å². The lowest BCUT2D eigenvalue weighted by Gasteiger charge is -2.06. The van der Waals surface area contributed by atoms with Gasteiger partial charge in [0.15, 0.2) is 0 Å². The maximum Gasteiger partial charge on any atom is 0.254 e. The van der Waals surface area contributed by atoms with Gasteiger partial charge >= 0.3 is 0 Å². The Morgan fingerprint density at radius 1 is 1.33 bits per heavy atom. The number of rotatable bonds is 1. The van der Waals surface area contributed by atoms with Gasteiger partial charge in [-0.3, -0.25) is 9.59 Å². The molecule has 50 valence electrons. The summed E-state index contributed by atoms with van der Waals surface area (Å²) in [6, 6.07) is 0. The number of carbonyl (C=O) groups is 2. The second-order valence-corrected chi connectivity index (χ2v) is 1.90. The molecule has 1 aliphatic rings. The fraction of sp³-hybridized carbons (Fsp3) is 0.500. The standard InChI is InChI=1S/C4H6NO3P/c6-3-1-2-4(7)5(3)8-9/h1-2,9H2. The van der Waals surface area contributed by atoms with E-state index in [1.54, 1.807) is 0 Å². The van der Waals surface area contributed by atoms with E-state index in [1.165, 1.54) is 0 Å². The van der Waals surface area contributed by atoms with Crippen molar-refractivity contribution in [3.63, 3.8) is 0 Å². The summed E-state index contributed by atoms with van der Waals surface area (Å²) in [7, 11) is 1.86. The molecule has 4 nitrogen and oxygen atoms in total. The summed E-state index contributed by atoms with van der Waals surface area (Å²) >= 11 is 0. The average Bonchev–Trinajstić information content (AvgIpc) is 2.12. The van der Waals surface area contributed by atoms with Crippen molar-refractivity contribution in [1.29, 1.82) is 0 Å². The van der Waals surface area contributed by atoms with Gasteiger partial charge in [0.2, 0.25) is 0 Å². The van der Waals surface area contributed by atoms with E-state index in [0.29, 0.717) is 0 Å². The number of hydrogen-bond acceptors (Lipinski definition) is 3. The lowest BCUT2D eigenvalue weighted by atomic mass is 10.4. The molecule has 1 saturated heterocycles. The third kappa shape index (κ3) is 1.09. The van der Waals surface area contributed by atoms with E-state index < -0.39 is 0 Å². The van der Waals surface area contributed by atoms with Gasteiger partial charge in [-0.05, 0) is 0 Å². The van der Waals surface area contributed by atoms with E-state index in [-0.39, 0.29) is 24.7 Å². The molecular weight excluding hydrogens is 141 g/mol. The van der Waals surface area contributed by atoms with Crippen molar-refractivity contribution in [3.05, 3.63) is 0 Å². The Balaban J connectivity index is 2.66. The maximum atomic E-state index is 10.6. The van der Waals surface area contributed by atoms with E-state index in [2.05, 4.69) is 4.62 Å². The number of nitrogens with zero attached hydrogens (tertiary/aromatic N) is 1. The fourth-order valence-electron chi connectivity index (χ4n) is 0.674. The minimum absolute atomic E-state index is 0.269. The topological polar surface area (TPSA) is 46.6 Å². The van der Waals surface area contributed by atoms with Crippen LogP contribution < -0.4 is 0 Å². The Kier molecular flexibility index (Phi) is 1.78. The molecule has 1 unspecified atom stereocenters. The zero-order chi connectivity index (χ0) is 6.85. The van der Waals surface area contributed by atoms with E-state index in [9.17, 15) is 9.59 Å². The third-order valence-corrected chi connectivity index (χ3v) is 1.32. The molecule has 0 aromatic heterocycles. The molecule has 1 heterocycles. The zero-order valence-corrected chi connectivity index (χ0v) is 5.82. The van der Waals surface area contributed by atoms with Gasteiger partial charge in [-0.1, -0.05) is 0 Å². The molecule has 0 saturated carbocycles. The minimum atomic E-state index is -0.269. The molecule has 2 amide bonds. The highest BCUT2D eigenvalue weighted by atomic mass is 31.0. The highest BCUT2D eigenvalue weighted by Gasteiger charge is 2.28. The highest BCUT2D eigenvalue weighted by Crippen LogP contribution is 2.13. The van der Waals surface area contributed by atoms with Crippen LogP contribution >= 0.6 is 9.47 Å². The smallest absolute Gasteiger partial charge is 0.254 e. The van der Waals surface area contributed by atoms with E-state index >= 15 is 0 Å². The summed E-state index contributed by atoms with van der Waals surface area (Å²) in [5.74, 6) is -0.537. The largest absolute Gasteiger partial charge is 0.272 e. The molecule has 1 rings (SSSR count). The Morgan fingerprint density at radius 3 is 2.00 bits per heavy atom. The first-order valence-electron chi connectivity index (χ1n) is 2.48. The maximum absolute atomic E-state index is 10.6. The van der Waals surface area contributed by atoms with Gasteiger partial charge in [0.1, 0.15) is 0 Å². The number of hydrogen-bond donors (Lipinski definition) is 0. The third-order valence-electron chi connectivity index (χ3n) is 1.11. The SMILES string of the molecule is O=C1CCC(=O)N1OP. The van der Waals surface area contributed by atoms with Crippen LogP contribution in [0.25, 0.3) is 0 Å². The van der Waals surface area contributed by atoms with Gasteiger partial charge in [-0.2, -0.15) is 5.06 Å². The van der Waals surface area contributed by atoms with Gasteiger partial charge in [0, 0.05) is 22.3 Å². The fourth-order valence-corrected chi connectivity index (χ4v) is 0.909. The zero-order valence-electron chi connectivity index (χ0n) is 4.66. The predicted octanol–water partition coefficient (Wildman–Crippen LogP) is -0.143. The molecule has 0 aromatic carbocycles. The lowest BCUT2D eigenvalue weighted by Crippen LogP contribution is -2.25. The van der Waals surface area contributed by atoms with Crippen LogP contribution in [0.3, 0.4) is 0 Å². The van der Waals surface area contributed by atoms with E-state index in [1.807, 2.05) is 9.47 Å². The Bertz CT molecular complexity index is 142. The monoisotopic (exact) mass is 147 g/mol. The minimum Gasteiger partial charge on any atom is -0.272 e. The van der Waals surface area contributed by atoms with Crippen LogP contribution in [0.2, 0.25) is 0 Å². The van der Waals surface area contributed by atoms with Crippen molar-refractivity contribution in [2.24, 2.45) is 0 Å². The molecule has 0 radical (unpaired) electrons. The molecule has 0 spiro atoms. The summed E-state index contributed by atoms with van der Waals surface area (Å²) in [5, 5.41) is 0.755. The molecular formula is C4H6NO3P. The van der Waals surface area contributed by atoms with Gasteiger partial charge in [-0.15, -0.1) is 0 Å².